The van der Waals surface area contributed by atoms with Crippen LogP contribution in [0.3, 0.4) is 0 Å². The van der Waals surface area contributed by atoms with Crippen LogP contribution < -0.4 is 0 Å². The van der Waals surface area contributed by atoms with Gasteiger partial charge in [-0.3, -0.25) is 4.79 Å². The highest BCUT2D eigenvalue weighted by Gasteiger charge is 2.11. The third-order valence-electron chi connectivity index (χ3n) is 2.32. The van der Waals surface area contributed by atoms with E-state index in [9.17, 15) is 9.90 Å². The van der Waals surface area contributed by atoms with Gasteiger partial charge in [-0.15, -0.1) is 11.3 Å². The fraction of sp³-hybridized carbons (Fsp3) is 0.231. The summed E-state index contributed by atoms with van der Waals surface area (Å²) < 4.78 is 4.86. The Labute approximate surface area is 109 Å². The zero-order valence-corrected chi connectivity index (χ0v) is 10.7. The van der Waals surface area contributed by atoms with Crippen molar-refractivity contribution in [2.75, 3.05) is 6.61 Å². The Kier molecular flexibility index (Phi) is 3.94. The lowest BCUT2D eigenvalue weighted by Crippen LogP contribution is -2.07. The molecule has 94 valence electrons. The summed E-state index contributed by atoms with van der Waals surface area (Å²) in [7, 11) is 0. The standard InChI is InChI=1S/C13H13NO3S/c1-2-17-12(16)7-9-8-18-13(14-9)10-5-3-4-6-11(10)15/h3-6,8,15H,2,7H2,1H3. The highest BCUT2D eigenvalue weighted by atomic mass is 32.1. The molecule has 1 heterocycles. The average molecular weight is 263 g/mol. The molecule has 0 unspecified atom stereocenters. The van der Waals surface area contributed by atoms with Crippen LogP contribution in [0.1, 0.15) is 12.6 Å². The first-order valence-corrected chi connectivity index (χ1v) is 6.47. The number of nitrogens with zero attached hydrogens (tertiary/aromatic N) is 1. The molecule has 0 spiro atoms. The Morgan fingerprint density at radius 3 is 2.94 bits per heavy atom. The summed E-state index contributed by atoms with van der Waals surface area (Å²) in [5, 5.41) is 12.2. The molecule has 0 aliphatic rings. The first-order valence-electron chi connectivity index (χ1n) is 5.59. The Bertz CT molecular complexity index is 551. The van der Waals surface area contributed by atoms with Gasteiger partial charge in [-0.2, -0.15) is 0 Å². The van der Waals surface area contributed by atoms with Crippen LogP contribution in [0, 0.1) is 0 Å². The van der Waals surface area contributed by atoms with Crippen molar-refractivity contribution in [1.82, 2.24) is 4.98 Å². The molecule has 0 fully saturated rings. The summed E-state index contributed by atoms with van der Waals surface area (Å²) in [5.74, 6) is -0.0961. The lowest BCUT2D eigenvalue weighted by molar-refractivity contribution is -0.142. The van der Waals surface area contributed by atoms with E-state index in [4.69, 9.17) is 4.74 Å². The van der Waals surface area contributed by atoms with Crippen LogP contribution in [0.5, 0.6) is 5.75 Å². The number of benzene rings is 1. The molecule has 0 amide bonds. The molecule has 2 rings (SSSR count). The van der Waals surface area contributed by atoms with Crippen LogP contribution >= 0.6 is 11.3 Å². The molecule has 4 nitrogen and oxygen atoms in total. The average Bonchev–Trinajstić information content (AvgIpc) is 2.78. The minimum Gasteiger partial charge on any atom is -0.507 e. The summed E-state index contributed by atoms with van der Waals surface area (Å²) in [6, 6.07) is 7.00. The molecule has 0 radical (unpaired) electrons. The van der Waals surface area contributed by atoms with Gasteiger partial charge in [0.2, 0.25) is 0 Å². The van der Waals surface area contributed by atoms with Crippen LogP contribution in [0.25, 0.3) is 10.6 Å². The number of carbonyl (C=O) groups is 1. The third kappa shape index (κ3) is 2.87. The normalized spacial score (nSPS) is 10.3. The summed E-state index contributed by atoms with van der Waals surface area (Å²) in [6.07, 6.45) is 0.165. The number of carbonyl (C=O) groups excluding carboxylic acids is 1. The van der Waals surface area contributed by atoms with Gasteiger partial charge in [0, 0.05) is 5.38 Å². The van der Waals surface area contributed by atoms with Gasteiger partial charge in [0.15, 0.2) is 0 Å². The van der Waals surface area contributed by atoms with Crippen LogP contribution in [-0.2, 0) is 16.0 Å². The molecule has 0 saturated heterocycles. The van der Waals surface area contributed by atoms with Crippen molar-refractivity contribution >= 4 is 17.3 Å². The SMILES string of the molecule is CCOC(=O)Cc1csc(-c2ccccc2O)n1. The van der Waals surface area contributed by atoms with Crippen LogP contribution in [0.4, 0.5) is 0 Å². The van der Waals surface area contributed by atoms with Gasteiger partial charge in [0.1, 0.15) is 10.8 Å². The van der Waals surface area contributed by atoms with Gasteiger partial charge in [0.25, 0.3) is 0 Å². The molecule has 18 heavy (non-hydrogen) atoms. The summed E-state index contributed by atoms with van der Waals surface area (Å²) in [5.41, 5.74) is 1.34. The van der Waals surface area contributed by atoms with Crippen molar-refractivity contribution in [3.8, 4) is 16.3 Å². The van der Waals surface area contributed by atoms with Crippen LogP contribution in [0.2, 0.25) is 0 Å². The molecule has 5 heteroatoms. The molecule has 2 aromatic rings. The second-order valence-electron chi connectivity index (χ2n) is 3.64. The van der Waals surface area contributed by atoms with Crippen molar-refractivity contribution in [1.29, 1.82) is 0 Å². The van der Waals surface area contributed by atoms with Crippen molar-refractivity contribution < 1.29 is 14.6 Å². The largest absolute Gasteiger partial charge is 0.507 e. The fourth-order valence-electron chi connectivity index (χ4n) is 1.53. The van der Waals surface area contributed by atoms with Gasteiger partial charge >= 0.3 is 5.97 Å². The Morgan fingerprint density at radius 2 is 2.22 bits per heavy atom. The zero-order chi connectivity index (χ0) is 13.0. The first-order chi connectivity index (χ1) is 8.70. The highest BCUT2D eigenvalue weighted by molar-refractivity contribution is 7.13. The van der Waals surface area contributed by atoms with Gasteiger partial charge in [-0.05, 0) is 19.1 Å². The fourth-order valence-corrected chi connectivity index (χ4v) is 2.38. The number of phenols is 1. The number of hydrogen-bond donors (Lipinski definition) is 1. The van der Waals surface area contributed by atoms with E-state index in [0.717, 1.165) is 0 Å². The summed E-state index contributed by atoms with van der Waals surface area (Å²) in [6.45, 7) is 2.14. The maximum atomic E-state index is 11.3. The van der Waals surface area contributed by atoms with Gasteiger partial charge in [0.05, 0.1) is 24.3 Å². The van der Waals surface area contributed by atoms with Crippen molar-refractivity contribution in [2.24, 2.45) is 0 Å². The number of thiazole rings is 1. The first kappa shape index (κ1) is 12.6. The number of ether oxygens (including phenoxy) is 1. The highest BCUT2D eigenvalue weighted by Crippen LogP contribution is 2.31. The second kappa shape index (κ2) is 5.64. The number of rotatable bonds is 4. The number of aromatic hydroxyl groups is 1. The smallest absolute Gasteiger partial charge is 0.311 e. The van der Waals surface area contributed by atoms with E-state index in [1.165, 1.54) is 11.3 Å². The summed E-state index contributed by atoms with van der Waals surface area (Å²) in [4.78, 5) is 15.6. The van der Waals surface area contributed by atoms with E-state index >= 15 is 0 Å². The minimum absolute atomic E-state index is 0.165. The molecule has 0 aliphatic heterocycles. The van der Waals surface area contributed by atoms with Crippen molar-refractivity contribution in [3.05, 3.63) is 35.3 Å². The molecule has 0 saturated carbocycles. The maximum absolute atomic E-state index is 11.3. The predicted molar refractivity (Wildman–Crippen MR) is 69.6 cm³/mol. The topological polar surface area (TPSA) is 59.4 Å². The quantitative estimate of drug-likeness (QED) is 0.861. The van der Waals surface area contributed by atoms with E-state index in [1.807, 2.05) is 6.07 Å². The number of phenolic OH excluding ortho intramolecular Hbond substituents is 1. The lowest BCUT2D eigenvalue weighted by atomic mass is 10.2. The number of esters is 1. The van der Waals surface area contributed by atoms with E-state index < -0.39 is 0 Å². The second-order valence-corrected chi connectivity index (χ2v) is 4.50. The Hall–Kier alpha value is -1.88. The molecule has 1 aromatic carbocycles. The molecule has 1 N–H and O–H groups in total. The molecule has 0 atom stereocenters. The predicted octanol–water partition coefficient (Wildman–Crippen LogP) is 2.62. The molecule has 1 aromatic heterocycles. The van der Waals surface area contributed by atoms with E-state index in [1.54, 1.807) is 30.5 Å². The maximum Gasteiger partial charge on any atom is 0.311 e. The van der Waals surface area contributed by atoms with Gasteiger partial charge in [-0.1, -0.05) is 12.1 Å². The van der Waals surface area contributed by atoms with Gasteiger partial charge < -0.3 is 9.84 Å². The molecule has 0 bridgehead atoms. The third-order valence-corrected chi connectivity index (χ3v) is 3.24. The van der Waals surface area contributed by atoms with Crippen molar-refractivity contribution in [2.45, 2.75) is 13.3 Å². The van der Waals surface area contributed by atoms with E-state index in [2.05, 4.69) is 4.98 Å². The lowest BCUT2D eigenvalue weighted by Gasteiger charge is -2.00. The Balaban J connectivity index is 2.16. The summed E-state index contributed by atoms with van der Waals surface area (Å²) >= 11 is 1.40. The van der Waals surface area contributed by atoms with E-state index in [-0.39, 0.29) is 18.1 Å². The Morgan fingerprint density at radius 1 is 1.44 bits per heavy atom. The minimum atomic E-state index is -0.286. The zero-order valence-electron chi connectivity index (χ0n) is 9.92. The molecular formula is C13H13NO3S. The molecular weight excluding hydrogens is 250 g/mol. The monoisotopic (exact) mass is 263 g/mol. The number of para-hydroxylation sites is 1. The number of aromatic nitrogens is 1. The van der Waals surface area contributed by atoms with Crippen molar-refractivity contribution in [3.63, 3.8) is 0 Å². The van der Waals surface area contributed by atoms with Gasteiger partial charge in [-0.25, -0.2) is 4.98 Å². The number of hydrogen-bond acceptors (Lipinski definition) is 5. The molecule has 0 aliphatic carbocycles. The van der Waals surface area contributed by atoms with E-state index in [0.29, 0.717) is 22.9 Å². The van der Waals surface area contributed by atoms with Crippen LogP contribution in [0.15, 0.2) is 29.6 Å². The van der Waals surface area contributed by atoms with Crippen LogP contribution in [-0.4, -0.2) is 22.7 Å².